The van der Waals surface area contributed by atoms with Crippen LogP contribution in [-0.4, -0.2) is 28.3 Å². The predicted molar refractivity (Wildman–Crippen MR) is 109 cm³/mol. The predicted octanol–water partition coefficient (Wildman–Crippen LogP) is 3.37. The summed E-state index contributed by atoms with van der Waals surface area (Å²) in [6.45, 7) is 3.68. The van der Waals surface area contributed by atoms with Gasteiger partial charge in [0.05, 0.1) is 5.69 Å². The van der Waals surface area contributed by atoms with E-state index >= 15 is 0 Å². The van der Waals surface area contributed by atoms with Gasteiger partial charge in [0, 0.05) is 36.1 Å². The summed E-state index contributed by atoms with van der Waals surface area (Å²) in [5.74, 6) is 0.688. The second kappa shape index (κ2) is 8.47. The monoisotopic (exact) mass is 431 g/mol. The summed E-state index contributed by atoms with van der Waals surface area (Å²) in [6.07, 6.45) is 2.53. The molecule has 1 atom stereocenters. The summed E-state index contributed by atoms with van der Waals surface area (Å²) in [6, 6.07) is 8.07. The standard InChI is InChI=1S/C19H22BrN5O2/c1-11(26)22-18-16-8-13(10-21-15-5-3-4-14(20)9-15)6-7-17(16)24-19(25-18)23-12(2)27/h3-5,9,13,21H,6-8,10H2,1-2H3,(H2,22,23,24,25,26,27). The van der Waals surface area contributed by atoms with Gasteiger partial charge in [-0.3, -0.25) is 14.9 Å². The number of carbonyl (C=O) groups excluding carboxylic acids is 2. The molecule has 1 heterocycles. The van der Waals surface area contributed by atoms with Gasteiger partial charge in [-0.15, -0.1) is 0 Å². The molecule has 0 saturated heterocycles. The van der Waals surface area contributed by atoms with Gasteiger partial charge in [0.1, 0.15) is 5.82 Å². The van der Waals surface area contributed by atoms with Crippen molar-refractivity contribution in [1.82, 2.24) is 9.97 Å². The fourth-order valence-corrected chi connectivity index (χ4v) is 3.60. The van der Waals surface area contributed by atoms with E-state index in [2.05, 4.69) is 41.8 Å². The van der Waals surface area contributed by atoms with E-state index in [0.29, 0.717) is 11.7 Å². The molecule has 2 amide bonds. The molecule has 3 N–H and O–H groups in total. The lowest BCUT2D eigenvalue weighted by atomic mass is 9.86. The first-order valence-corrected chi connectivity index (χ1v) is 9.64. The second-order valence-electron chi connectivity index (χ2n) is 6.68. The Labute approximate surface area is 166 Å². The van der Waals surface area contributed by atoms with E-state index in [1.807, 2.05) is 24.3 Å². The zero-order valence-corrected chi connectivity index (χ0v) is 16.9. The van der Waals surface area contributed by atoms with Crippen LogP contribution in [0.4, 0.5) is 17.5 Å². The van der Waals surface area contributed by atoms with Gasteiger partial charge in [0.2, 0.25) is 17.8 Å². The molecule has 0 bridgehead atoms. The van der Waals surface area contributed by atoms with Gasteiger partial charge in [-0.2, -0.15) is 4.98 Å². The molecule has 1 aromatic carbocycles. The highest BCUT2D eigenvalue weighted by Gasteiger charge is 2.25. The minimum Gasteiger partial charge on any atom is -0.385 e. The number of benzene rings is 1. The zero-order valence-electron chi connectivity index (χ0n) is 15.3. The Morgan fingerprint density at radius 1 is 1.19 bits per heavy atom. The van der Waals surface area contributed by atoms with Crippen molar-refractivity contribution in [2.75, 3.05) is 22.5 Å². The number of anilines is 3. The smallest absolute Gasteiger partial charge is 0.231 e. The summed E-state index contributed by atoms with van der Waals surface area (Å²) in [5.41, 5.74) is 2.90. The van der Waals surface area contributed by atoms with Crippen LogP contribution < -0.4 is 16.0 Å². The van der Waals surface area contributed by atoms with Gasteiger partial charge >= 0.3 is 0 Å². The van der Waals surface area contributed by atoms with Gasteiger partial charge in [-0.05, 0) is 43.4 Å². The van der Waals surface area contributed by atoms with Crippen LogP contribution in [0.5, 0.6) is 0 Å². The normalized spacial score (nSPS) is 15.6. The van der Waals surface area contributed by atoms with Crippen LogP contribution in [0.15, 0.2) is 28.7 Å². The Morgan fingerprint density at radius 3 is 2.67 bits per heavy atom. The Hall–Kier alpha value is -2.48. The number of aromatic nitrogens is 2. The minimum atomic E-state index is -0.240. The van der Waals surface area contributed by atoms with Crippen LogP contribution in [0, 0.1) is 5.92 Å². The molecule has 7 nitrogen and oxygen atoms in total. The molecule has 1 aromatic heterocycles. The number of amides is 2. The third-order valence-corrected chi connectivity index (χ3v) is 4.87. The second-order valence-corrected chi connectivity index (χ2v) is 7.60. The Bertz CT molecular complexity index is 871. The SMILES string of the molecule is CC(=O)Nc1nc2c(c(NC(C)=O)n1)CC(CNc1cccc(Br)c1)CC2. The van der Waals surface area contributed by atoms with E-state index in [9.17, 15) is 9.59 Å². The van der Waals surface area contributed by atoms with Crippen LogP contribution in [0.2, 0.25) is 0 Å². The molecular formula is C19H22BrN5O2. The van der Waals surface area contributed by atoms with E-state index < -0.39 is 0 Å². The van der Waals surface area contributed by atoms with Crippen molar-refractivity contribution in [3.8, 4) is 0 Å². The molecule has 8 heteroatoms. The van der Waals surface area contributed by atoms with Crippen LogP contribution in [0.3, 0.4) is 0 Å². The van der Waals surface area contributed by atoms with Gasteiger partial charge in [0.15, 0.2) is 0 Å². The average molecular weight is 432 g/mol. The first-order valence-electron chi connectivity index (χ1n) is 8.85. The third kappa shape index (κ3) is 5.26. The number of fused-ring (bicyclic) bond motifs is 1. The maximum absolute atomic E-state index is 11.6. The summed E-state index contributed by atoms with van der Waals surface area (Å²) in [7, 11) is 0. The summed E-state index contributed by atoms with van der Waals surface area (Å²) < 4.78 is 1.04. The lowest BCUT2D eigenvalue weighted by molar-refractivity contribution is -0.115. The Kier molecular flexibility index (Phi) is 6.05. The lowest BCUT2D eigenvalue weighted by Gasteiger charge is -2.26. The highest BCUT2D eigenvalue weighted by atomic mass is 79.9. The number of aryl methyl sites for hydroxylation is 1. The van der Waals surface area contributed by atoms with Gasteiger partial charge in [0.25, 0.3) is 0 Å². The third-order valence-electron chi connectivity index (χ3n) is 4.38. The van der Waals surface area contributed by atoms with E-state index in [4.69, 9.17) is 0 Å². The molecule has 2 aromatic rings. The van der Waals surface area contributed by atoms with Crippen LogP contribution >= 0.6 is 15.9 Å². The molecule has 1 aliphatic rings. The summed E-state index contributed by atoms with van der Waals surface area (Å²) in [4.78, 5) is 31.7. The van der Waals surface area contributed by atoms with Gasteiger partial charge in [-0.25, -0.2) is 4.98 Å². The van der Waals surface area contributed by atoms with Crippen molar-refractivity contribution >= 4 is 45.2 Å². The maximum atomic E-state index is 11.6. The molecule has 142 valence electrons. The van der Waals surface area contributed by atoms with Crippen LogP contribution in [0.1, 0.15) is 31.5 Å². The number of hydrogen-bond donors (Lipinski definition) is 3. The molecule has 0 saturated carbocycles. The van der Waals surface area contributed by atoms with E-state index in [-0.39, 0.29) is 17.8 Å². The summed E-state index contributed by atoms with van der Waals surface area (Å²) >= 11 is 3.48. The van der Waals surface area contributed by atoms with Gasteiger partial charge in [-0.1, -0.05) is 22.0 Å². The molecule has 1 aliphatic carbocycles. The van der Waals surface area contributed by atoms with Crippen molar-refractivity contribution in [2.24, 2.45) is 5.92 Å². The number of nitrogens with one attached hydrogen (secondary N) is 3. The molecular weight excluding hydrogens is 410 g/mol. The number of nitrogens with zero attached hydrogens (tertiary/aromatic N) is 2. The van der Waals surface area contributed by atoms with Crippen molar-refractivity contribution in [3.63, 3.8) is 0 Å². The first kappa shape index (κ1) is 19.3. The van der Waals surface area contributed by atoms with Crippen LogP contribution in [-0.2, 0) is 22.4 Å². The average Bonchev–Trinajstić information content (AvgIpc) is 2.59. The summed E-state index contributed by atoms with van der Waals surface area (Å²) in [5, 5.41) is 8.85. The quantitative estimate of drug-likeness (QED) is 0.674. The molecule has 0 aliphatic heterocycles. The minimum absolute atomic E-state index is 0.195. The van der Waals surface area contributed by atoms with E-state index in [1.54, 1.807) is 0 Å². The molecule has 0 spiro atoms. The Balaban J connectivity index is 1.76. The topological polar surface area (TPSA) is 96.0 Å². The van der Waals surface area contributed by atoms with Crippen molar-refractivity contribution in [3.05, 3.63) is 40.0 Å². The highest BCUT2D eigenvalue weighted by molar-refractivity contribution is 9.10. The fraction of sp³-hybridized carbons (Fsp3) is 0.368. The first-order chi connectivity index (χ1) is 12.9. The fourth-order valence-electron chi connectivity index (χ4n) is 3.20. The molecule has 27 heavy (non-hydrogen) atoms. The zero-order chi connectivity index (χ0) is 19.4. The lowest BCUT2D eigenvalue weighted by Crippen LogP contribution is -2.26. The maximum Gasteiger partial charge on any atom is 0.231 e. The highest BCUT2D eigenvalue weighted by Crippen LogP contribution is 2.30. The van der Waals surface area contributed by atoms with Crippen molar-refractivity contribution in [1.29, 1.82) is 0 Å². The Morgan fingerprint density at radius 2 is 1.96 bits per heavy atom. The molecule has 3 rings (SSSR count). The number of hydrogen-bond acceptors (Lipinski definition) is 5. The number of halogens is 1. The van der Waals surface area contributed by atoms with Crippen LogP contribution in [0.25, 0.3) is 0 Å². The van der Waals surface area contributed by atoms with E-state index in [1.165, 1.54) is 13.8 Å². The van der Waals surface area contributed by atoms with Crippen molar-refractivity contribution < 1.29 is 9.59 Å². The number of carbonyl (C=O) groups is 2. The molecule has 0 radical (unpaired) electrons. The molecule has 1 unspecified atom stereocenters. The largest absolute Gasteiger partial charge is 0.385 e. The van der Waals surface area contributed by atoms with Crippen molar-refractivity contribution in [2.45, 2.75) is 33.1 Å². The number of rotatable bonds is 5. The van der Waals surface area contributed by atoms with E-state index in [0.717, 1.165) is 47.2 Å². The molecule has 0 fully saturated rings. The van der Waals surface area contributed by atoms with Gasteiger partial charge < -0.3 is 10.6 Å².